The third-order valence-corrected chi connectivity index (χ3v) is 2.44. The summed E-state index contributed by atoms with van der Waals surface area (Å²) in [6.07, 6.45) is 0. The predicted octanol–water partition coefficient (Wildman–Crippen LogP) is 2.85. The zero-order chi connectivity index (χ0) is 16.2. The van der Waals surface area contributed by atoms with Gasteiger partial charge in [-0.15, -0.1) is 0 Å². The maximum absolute atomic E-state index is 11.6. The molecular formula is C16H16O5. The fourth-order valence-electron chi connectivity index (χ4n) is 1.32. The average Bonchev–Trinajstić information content (AvgIpc) is 2.39. The number of benzene rings is 1. The maximum atomic E-state index is 11.6. The zero-order valence-corrected chi connectivity index (χ0v) is 12.2. The number of ketones is 1. The van der Waals surface area contributed by atoms with Gasteiger partial charge in [-0.2, -0.15) is 0 Å². The second-order valence-electron chi connectivity index (χ2n) is 4.55. The summed E-state index contributed by atoms with van der Waals surface area (Å²) in [5, 5.41) is 0. The molecule has 0 saturated heterocycles. The van der Waals surface area contributed by atoms with Gasteiger partial charge in [0.15, 0.2) is 5.78 Å². The van der Waals surface area contributed by atoms with E-state index in [4.69, 9.17) is 9.47 Å². The summed E-state index contributed by atoms with van der Waals surface area (Å²) in [6.45, 7) is 11.3. The number of hydrogen-bond donors (Lipinski definition) is 0. The van der Waals surface area contributed by atoms with E-state index in [9.17, 15) is 14.4 Å². The molecule has 0 aliphatic rings. The van der Waals surface area contributed by atoms with Gasteiger partial charge in [-0.1, -0.05) is 13.2 Å². The summed E-state index contributed by atoms with van der Waals surface area (Å²) in [5.41, 5.74) is 0.580. The molecule has 0 aliphatic carbocycles. The monoisotopic (exact) mass is 288 g/mol. The van der Waals surface area contributed by atoms with E-state index in [0.717, 1.165) is 0 Å². The Labute approximate surface area is 122 Å². The Hall–Kier alpha value is -2.69. The van der Waals surface area contributed by atoms with Gasteiger partial charge in [0.05, 0.1) is 5.56 Å². The van der Waals surface area contributed by atoms with Gasteiger partial charge in [0.1, 0.15) is 11.5 Å². The summed E-state index contributed by atoms with van der Waals surface area (Å²) >= 11 is 0. The fraction of sp³-hybridized carbons (Fsp3) is 0.188. The minimum atomic E-state index is -0.635. The minimum absolute atomic E-state index is 0.0885. The Morgan fingerprint density at radius 2 is 1.43 bits per heavy atom. The summed E-state index contributed by atoms with van der Waals surface area (Å²) in [7, 11) is 0. The van der Waals surface area contributed by atoms with Crippen LogP contribution in [0.3, 0.4) is 0 Å². The SMILES string of the molecule is C=C(C)C(=O)Oc1ccc(OC(=O)C(=C)C)c(C(C)=O)c1. The molecule has 0 N–H and O–H groups in total. The van der Waals surface area contributed by atoms with E-state index in [-0.39, 0.29) is 34.0 Å². The molecule has 0 unspecified atom stereocenters. The Morgan fingerprint density at radius 3 is 1.90 bits per heavy atom. The molecule has 0 heterocycles. The van der Waals surface area contributed by atoms with Gasteiger partial charge in [-0.3, -0.25) is 4.79 Å². The Kier molecular flexibility index (Phi) is 5.18. The number of hydrogen-bond acceptors (Lipinski definition) is 5. The van der Waals surface area contributed by atoms with Crippen LogP contribution < -0.4 is 9.47 Å². The lowest BCUT2D eigenvalue weighted by Crippen LogP contribution is -2.12. The van der Waals surface area contributed by atoms with E-state index in [2.05, 4.69) is 13.2 Å². The van der Waals surface area contributed by atoms with Crippen LogP contribution >= 0.6 is 0 Å². The van der Waals surface area contributed by atoms with E-state index in [0.29, 0.717) is 0 Å². The molecule has 0 aliphatic heterocycles. The Balaban J connectivity index is 3.10. The molecule has 5 nitrogen and oxygen atoms in total. The van der Waals surface area contributed by atoms with Crippen LogP contribution in [0.15, 0.2) is 42.5 Å². The lowest BCUT2D eigenvalue weighted by Gasteiger charge is -2.10. The van der Waals surface area contributed by atoms with Crippen molar-refractivity contribution in [3.63, 3.8) is 0 Å². The molecule has 1 rings (SSSR count). The first-order chi connectivity index (χ1) is 9.72. The number of esters is 2. The largest absolute Gasteiger partial charge is 0.423 e. The van der Waals surface area contributed by atoms with Gasteiger partial charge in [0.2, 0.25) is 0 Å². The van der Waals surface area contributed by atoms with Gasteiger partial charge < -0.3 is 9.47 Å². The van der Waals surface area contributed by atoms with Gasteiger partial charge in [-0.05, 0) is 39.0 Å². The number of ether oxygens (including phenoxy) is 2. The number of rotatable bonds is 5. The summed E-state index contributed by atoms with van der Waals surface area (Å²) in [6, 6.07) is 4.15. The van der Waals surface area contributed by atoms with Crippen molar-refractivity contribution in [2.45, 2.75) is 20.8 Å². The number of carbonyl (C=O) groups is 3. The van der Waals surface area contributed by atoms with Gasteiger partial charge >= 0.3 is 11.9 Å². The van der Waals surface area contributed by atoms with Crippen molar-refractivity contribution in [2.24, 2.45) is 0 Å². The molecule has 0 amide bonds. The first-order valence-corrected chi connectivity index (χ1v) is 6.12. The molecule has 1 aromatic carbocycles. The molecule has 0 spiro atoms. The maximum Gasteiger partial charge on any atom is 0.338 e. The molecule has 110 valence electrons. The van der Waals surface area contributed by atoms with Crippen LogP contribution in [0.25, 0.3) is 0 Å². The molecule has 21 heavy (non-hydrogen) atoms. The van der Waals surface area contributed by atoms with Crippen molar-refractivity contribution < 1.29 is 23.9 Å². The van der Waals surface area contributed by atoms with Crippen molar-refractivity contribution in [3.05, 3.63) is 48.1 Å². The van der Waals surface area contributed by atoms with Crippen molar-refractivity contribution in [3.8, 4) is 11.5 Å². The Bertz CT molecular complexity index is 640. The first-order valence-electron chi connectivity index (χ1n) is 6.12. The van der Waals surface area contributed by atoms with Crippen LogP contribution in [-0.4, -0.2) is 17.7 Å². The minimum Gasteiger partial charge on any atom is -0.423 e. The third kappa shape index (κ3) is 4.42. The number of carbonyl (C=O) groups excluding carboxylic acids is 3. The number of Topliss-reactive ketones (excluding diaryl/α,β-unsaturated/α-hetero) is 1. The van der Waals surface area contributed by atoms with Gasteiger partial charge in [0, 0.05) is 11.1 Å². The van der Waals surface area contributed by atoms with Crippen LogP contribution in [0.1, 0.15) is 31.1 Å². The molecule has 0 aromatic heterocycles. The molecule has 0 fully saturated rings. The van der Waals surface area contributed by atoms with Crippen molar-refractivity contribution in [1.29, 1.82) is 0 Å². The van der Waals surface area contributed by atoms with Crippen molar-refractivity contribution in [2.75, 3.05) is 0 Å². The first kappa shape index (κ1) is 16.4. The van der Waals surface area contributed by atoms with E-state index in [1.165, 1.54) is 39.0 Å². The highest BCUT2D eigenvalue weighted by Gasteiger charge is 2.15. The summed E-state index contributed by atoms with van der Waals surface area (Å²) in [4.78, 5) is 34.6. The van der Waals surface area contributed by atoms with E-state index in [1.54, 1.807) is 0 Å². The van der Waals surface area contributed by atoms with Crippen molar-refractivity contribution >= 4 is 17.7 Å². The summed E-state index contributed by atoms with van der Waals surface area (Å²) in [5.74, 6) is -1.30. The van der Waals surface area contributed by atoms with Crippen LogP contribution in [-0.2, 0) is 9.59 Å². The summed E-state index contributed by atoms with van der Waals surface area (Å²) < 4.78 is 10.1. The normalized spacial score (nSPS) is 9.67. The highest BCUT2D eigenvalue weighted by atomic mass is 16.5. The second-order valence-corrected chi connectivity index (χ2v) is 4.55. The van der Waals surface area contributed by atoms with Crippen molar-refractivity contribution in [1.82, 2.24) is 0 Å². The highest BCUT2D eigenvalue weighted by Crippen LogP contribution is 2.26. The molecule has 0 atom stereocenters. The van der Waals surface area contributed by atoms with Crippen LogP contribution in [0.5, 0.6) is 11.5 Å². The molecule has 0 saturated carbocycles. The topological polar surface area (TPSA) is 69.7 Å². The molecule has 0 radical (unpaired) electrons. The highest BCUT2D eigenvalue weighted by molar-refractivity contribution is 5.99. The van der Waals surface area contributed by atoms with Crippen LogP contribution in [0, 0.1) is 0 Å². The van der Waals surface area contributed by atoms with E-state index in [1.807, 2.05) is 0 Å². The molecular weight excluding hydrogens is 272 g/mol. The van der Waals surface area contributed by atoms with Crippen LogP contribution in [0.2, 0.25) is 0 Å². The van der Waals surface area contributed by atoms with Gasteiger partial charge in [0.25, 0.3) is 0 Å². The fourth-order valence-corrected chi connectivity index (χ4v) is 1.32. The Morgan fingerprint density at radius 1 is 0.905 bits per heavy atom. The average molecular weight is 288 g/mol. The molecule has 0 bridgehead atoms. The van der Waals surface area contributed by atoms with Crippen LogP contribution in [0.4, 0.5) is 0 Å². The quantitative estimate of drug-likeness (QED) is 0.360. The predicted molar refractivity (Wildman–Crippen MR) is 77.3 cm³/mol. The lowest BCUT2D eigenvalue weighted by atomic mass is 10.1. The standard InChI is InChI=1S/C16H16O5/c1-9(2)15(18)20-12-6-7-14(13(8-12)11(5)17)21-16(19)10(3)4/h6-8H,1,3H2,2,4-5H3. The zero-order valence-electron chi connectivity index (χ0n) is 12.2. The molecule has 1 aromatic rings. The lowest BCUT2D eigenvalue weighted by molar-refractivity contribution is -0.131. The van der Waals surface area contributed by atoms with E-state index < -0.39 is 11.9 Å². The smallest absolute Gasteiger partial charge is 0.338 e. The van der Waals surface area contributed by atoms with E-state index >= 15 is 0 Å². The molecule has 5 heteroatoms. The van der Waals surface area contributed by atoms with Gasteiger partial charge in [-0.25, -0.2) is 9.59 Å². The third-order valence-electron chi connectivity index (χ3n) is 2.44. The second kappa shape index (κ2) is 6.65.